The Balaban J connectivity index is 1.66. The van der Waals surface area contributed by atoms with Gasteiger partial charge in [0.05, 0.1) is 6.20 Å². The minimum absolute atomic E-state index is 0.781. The molecule has 112 valence electrons. The summed E-state index contributed by atoms with van der Waals surface area (Å²) in [6, 6.07) is 10.3. The molecule has 0 fully saturated rings. The Labute approximate surface area is 126 Å². The Morgan fingerprint density at radius 3 is 2.67 bits per heavy atom. The van der Waals surface area contributed by atoms with E-state index < -0.39 is 0 Å². The molecule has 0 atom stereocenters. The topological polar surface area (TPSA) is 54.2 Å². The van der Waals surface area contributed by atoms with Gasteiger partial charge in [0.25, 0.3) is 0 Å². The molecule has 1 aromatic carbocycles. The van der Waals surface area contributed by atoms with Gasteiger partial charge in [0, 0.05) is 33.4 Å². The van der Waals surface area contributed by atoms with Crippen LogP contribution in [-0.4, -0.2) is 29.3 Å². The lowest BCUT2D eigenvalue weighted by Gasteiger charge is -2.11. The molecular formula is C16H23N5. The van der Waals surface area contributed by atoms with E-state index in [0.717, 1.165) is 31.9 Å². The van der Waals surface area contributed by atoms with Crippen LogP contribution in [0.25, 0.3) is 0 Å². The van der Waals surface area contributed by atoms with Gasteiger partial charge < -0.3 is 10.6 Å². The zero-order valence-corrected chi connectivity index (χ0v) is 12.7. The van der Waals surface area contributed by atoms with Crippen LogP contribution in [0.4, 0.5) is 0 Å². The van der Waals surface area contributed by atoms with E-state index in [2.05, 4.69) is 39.1 Å². The molecule has 1 aromatic heterocycles. The van der Waals surface area contributed by atoms with Crippen LogP contribution >= 0.6 is 0 Å². The van der Waals surface area contributed by atoms with Gasteiger partial charge in [-0.25, -0.2) is 0 Å². The minimum atomic E-state index is 0.781. The van der Waals surface area contributed by atoms with Gasteiger partial charge in [0.15, 0.2) is 5.96 Å². The first kappa shape index (κ1) is 15.1. The smallest absolute Gasteiger partial charge is 0.191 e. The van der Waals surface area contributed by atoms with Gasteiger partial charge in [0.1, 0.15) is 0 Å². The summed E-state index contributed by atoms with van der Waals surface area (Å²) in [7, 11) is 3.73. The van der Waals surface area contributed by atoms with Gasteiger partial charge >= 0.3 is 0 Å². The molecule has 0 spiro atoms. The first-order valence-corrected chi connectivity index (χ1v) is 7.24. The van der Waals surface area contributed by atoms with Crippen molar-refractivity contribution >= 4 is 5.96 Å². The fourth-order valence-corrected chi connectivity index (χ4v) is 2.10. The highest BCUT2D eigenvalue weighted by Crippen LogP contribution is 2.00. The van der Waals surface area contributed by atoms with Crippen molar-refractivity contribution in [2.75, 3.05) is 13.6 Å². The molecule has 0 saturated heterocycles. The predicted octanol–water partition coefficient (Wildman–Crippen LogP) is 1.72. The molecule has 2 rings (SSSR count). The third-order valence-corrected chi connectivity index (χ3v) is 3.22. The third kappa shape index (κ3) is 5.30. The summed E-state index contributed by atoms with van der Waals surface area (Å²) in [5.41, 5.74) is 2.52. The third-order valence-electron chi connectivity index (χ3n) is 3.22. The van der Waals surface area contributed by atoms with Gasteiger partial charge in [0.2, 0.25) is 0 Å². The average molecular weight is 285 g/mol. The van der Waals surface area contributed by atoms with Crippen molar-refractivity contribution in [1.29, 1.82) is 0 Å². The van der Waals surface area contributed by atoms with E-state index in [4.69, 9.17) is 0 Å². The van der Waals surface area contributed by atoms with Gasteiger partial charge in [-0.3, -0.25) is 9.67 Å². The SMILES string of the molecule is CN=C(NCCCc1cnn(C)c1)NCc1ccccc1. The molecule has 0 bridgehead atoms. The van der Waals surface area contributed by atoms with Crippen LogP contribution in [0.15, 0.2) is 47.7 Å². The maximum Gasteiger partial charge on any atom is 0.191 e. The number of hydrogen-bond donors (Lipinski definition) is 2. The predicted molar refractivity (Wildman–Crippen MR) is 86.2 cm³/mol. The molecule has 5 nitrogen and oxygen atoms in total. The van der Waals surface area contributed by atoms with E-state index in [1.54, 1.807) is 7.05 Å². The highest BCUT2D eigenvalue weighted by atomic mass is 15.2. The Morgan fingerprint density at radius 1 is 1.19 bits per heavy atom. The second-order valence-corrected chi connectivity index (χ2v) is 4.96. The number of rotatable bonds is 6. The molecule has 1 heterocycles. The van der Waals surface area contributed by atoms with Crippen molar-refractivity contribution in [2.45, 2.75) is 19.4 Å². The zero-order chi connectivity index (χ0) is 14.9. The van der Waals surface area contributed by atoms with Crippen LogP contribution in [0, 0.1) is 0 Å². The van der Waals surface area contributed by atoms with Gasteiger partial charge in [-0.2, -0.15) is 5.10 Å². The zero-order valence-electron chi connectivity index (χ0n) is 12.7. The van der Waals surface area contributed by atoms with Crippen LogP contribution < -0.4 is 10.6 Å². The summed E-state index contributed by atoms with van der Waals surface area (Å²) in [6.07, 6.45) is 6.05. The monoisotopic (exact) mass is 285 g/mol. The normalized spacial score (nSPS) is 11.4. The van der Waals surface area contributed by atoms with Crippen molar-refractivity contribution in [2.24, 2.45) is 12.0 Å². The fourth-order valence-electron chi connectivity index (χ4n) is 2.10. The molecule has 2 aromatic rings. The maximum absolute atomic E-state index is 4.23. The Hall–Kier alpha value is -2.30. The summed E-state index contributed by atoms with van der Waals surface area (Å²) < 4.78 is 1.84. The molecule has 0 saturated carbocycles. The molecule has 2 N–H and O–H groups in total. The van der Waals surface area contributed by atoms with E-state index in [1.807, 2.05) is 36.1 Å². The van der Waals surface area contributed by atoms with Crippen LogP contribution in [0.3, 0.4) is 0 Å². The summed E-state index contributed by atoms with van der Waals surface area (Å²) >= 11 is 0. The summed E-state index contributed by atoms with van der Waals surface area (Å²) in [6.45, 7) is 1.67. The molecule has 5 heteroatoms. The first-order valence-electron chi connectivity index (χ1n) is 7.24. The van der Waals surface area contributed by atoms with Crippen LogP contribution in [0.1, 0.15) is 17.5 Å². The minimum Gasteiger partial charge on any atom is -0.356 e. The Bertz CT molecular complexity index is 559. The van der Waals surface area contributed by atoms with Gasteiger partial charge in [-0.05, 0) is 24.0 Å². The number of nitrogens with zero attached hydrogens (tertiary/aromatic N) is 3. The van der Waals surface area contributed by atoms with Crippen molar-refractivity contribution in [3.63, 3.8) is 0 Å². The summed E-state index contributed by atoms with van der Waals surface area (Å²) in [5.74, 6) is 0.838. The lowest BCUT2D eigenvalue weighted by Crippen LogP contribution is -2.37. The van der Waals surface area contributed by atoms with Crippen molar-refractivity contribution in [3.05, 3.63) is 53.9 Å². The molecule has 0 amide bonds. The summed E-state index contributed by atoms with van der Waals surface area (Å²) in [5, 5.41) is 10.8. The van der Waals surface area contributed by atoms with Crippen LogP contribution in [0.5, 0.6) is 0 Å². The Morgan fingerprint density at radius 2 is 2.00 bits per heavy atom. The molecule has 21 heavy (non-hydrogen) atoms. The highest BCUT2D eigenvalue weighted by Gasteiger charge is 1.99. The number of aryl methyl sites for hydroxylation is 2. The van der Waals surface area contributed by atoms with Crippen molar-refractivity contribution < 1.29 is 0 Å². The Kier molecular flexibility index (Phi) is 5.82. The standard InChI is InChI=1S/C16H23N5/c1-17-16(19-11-14-7-4-3-5-8-14)18-10-6-9-15-12-20-21(2)13-15/h3-5,7-8,12-13H,6,9-11H2,1-2H3,(H2,17,18,19). The molecular weight excluding hydrogens is 262 g/mol. The van der Waals surface area contributed by atoms with E-state index in [1.165, 1.54) is 11.1 Å². The lowest BCUT2D eigenvalue weighted by atomic mass is 10.2. The molecule has 0 unspecified atom stereocenters. The largest absolute Gasteiger partial charge is 0.356 e. The van der Waals surface area contributed by atoms with Crippen molar-refractivity contribution in [1.82, 2.24) is 20.4 Å². The number of aliphatic imine (C=N–C) groups is 1. The number of aromatic nitrogens is 2. The molecule has 0 radical (unpaired) electrons. The number of guanidine groups is 1. The van der Waals surface area contributed by atoms with E-state index in [9.17, 15) is 0 Å². The maximum atomic E-state index is 4.23. The quantitative estimate of drug-likeness (QED) is 0.483. The number of nitrogens with one attached hydrogen (secondary N) is 2. The van der Waals surface area contributed by atoms with Gasteiger partial charge in [-0.15, -0.1) is 0 Å². The average Bonchev–Trinajstić information content (AvgIpc) is 2.93. The van der Waals surface area contributed by atoms with Crippen molar-refractivity contribution in [3.8, 4) is 0 Å². The van der Waals surface area contributed by atoms with E-state index >= 15 is 0 Å². The van der Waals surface area contributed by atoms with E-state index in [-0.39, 0.29) is 0 Å². The van der Waals surface area contributed by atoms with Gasteiger partial charge in [-0.1, -0.05) is 30.3 Å². The molecule has 0 aliphatic carbocycles. The first-order chi connectivity index (χ1) is 10.3. The van der Waals surface area contributed by atoms with E-state index in [0.29, 0.717) is 0 Å². The second-order valence-electron chi connectivity index (χ2n) is 4.96. The molecule has 0 aliphatic heterocycles. The van der Waals surface area contributed by atoms with Crippen LogP contribution in [0.2, 0.25) is 0 Å². The summed E-state index contributed by atoms with van der Waals surface area (Å²) in [4.78, 5) is 4.23. The molecule has 0 aliphatic rings. The lowest BCUT2D eigenvalue weighted by molar-refractivity contribution is 0.739. The number of hydrogen-bond acceptors (Lipinski definition) is 2. The highest BCUT2D eigenvalue weighted by molar-refractivity contribution is 5.79. The number of benzene rings is 1. The second kappa shape index (κ2) is 8.09. The van der Waals surface area contributed by atoms with Crippen LogP contribution in [-0.2, 0) is 20.0 Å². The fraction of sp³-hybridized carbons (Fsp3) is 0.375.